The van der Waals surface area contributed by atoms with Gasteiger partial charge in [-0.2, -0.15) is 5.26 Å². The van der Waals surface area contributed by atoms with Gasteiger partial charge < -0.3 is 9.84 Å². The number of hydrogen-bond acceptors (Lipinski definition) is 3. The first-order valence-electron chi connectivity index (χ1n) is 7.03. The van der Waals surface area contributed by atoms with Gasteiger partial charge in [0.05, 0.1) is 29.2 Å². The molecule has 0 heterocycles. The van der Waals surface area contributed by atoms with Crippen molar-refractivity contribution in [2.24, 2.45) is 17.3 Å². The molecule has 0 aliphatic heterocycles. The summed E-state index contributed by atoms with van der Waals surface area (Å²) in [5, 5.41) is 20.5. The van der Waals surface area contributed by atoms with Crippen LogP contribution in [0.3, 0.4) is 0 Å². The Balaban J connectivity index is 1.94. The molecule has 4 unspecified atom stereocenters. The van der Waals surface area contributed by atoms with Gasteiger partial charge in [-0.3, -0.25) is 0 Å². The Morgan fingerprint density at radius 3 is 2.80 bits per heavy atom. The van der Waals surface area contributed by atoms with E-state index in [9.17, 15) is 10.4 Å². The predicted octanol–water partition coefficient (Wildman–Crippen LogP) is 3.82. The molecule has 0 aromatic heterocycles. The number of halogens is 1. The molecule has 2 aliphatic rings. The van der Waals surface area contributed by atoms with Crippen LogP contribution in [0.25, 0.3) is 0 Å². The third-order valence-corrected chi connectivity index (χ3v) is 5.70. The smallest absolute Gasteiger partial charge is 0.133 e. The zero-order valence-corrected chi connectivity index (χ0v) is 13.1. The van der Waals surface area contributed by atoms with Gasteiger partial charge in [-0.15, -0.1) is 0 Å². The minimum atomic E-state index is -0.718. The maximum absolute atomic E-state index is 10.8. The molecular weight excluding hydrogens is 318 g/mol. The Labute approximate surface area is 127 Å². The van der Waals surface area contributed by atoms with Crippen LogP contribution >= 0.6 is 15.9 Å². The predicted molar refractivity (Wildman–Crippen MR) is 79.1 cm³/mol. The molecule has 0 amide bonds. The van der Waals surface area contributed by atoms with E-state index in [4.69, 9.17) is 4.74 Å². The molecule has 20 heavy (non-hydrogen) atoms. The normalized spacial score (nSPS) is 32.9. The average molecular weight is 336 g/mol. The summed E-state index contributed by atoms with van der Waals surface area (Å²) >= 11 is 3.45. The van der Waals surface area contributed by atoms with Crippen LogP contribution in [0.2, 0.25) is 0 Å². The maximum Gasteiger partial charge on any atom is 0.133 e. The second-order valence-electron chi connectivity index (χ2n) is 6.03. The van der Waals surface area contributed by atoms with Crippen molar-refractivity contribution in [1.82, 2.24) is 0 Å². The van der Waals surface area contributed by atoms with E-state index in [0.29, 0.717) is 11.8 Å². The Morgan fingerprint density at radius 2 is 2.30 bits per heavy atom. The van der Waals surface area contributed by atoms with E-state index in [2.05, 4.69) is 22.0 Å². The van der Waals surface area contributed by atoms with Crippen molar-refractivity contribution < 1.29 is 9.84 Å². The van der Waals surface area contributed by atoms with Gasteiger partial charge in [0.1, 0.15) is 5.75 Å². The van der Waals surface area contributed by atoms with Crippen LogP contribution in [0.1, 0.15) is 37.4 Å². The van der Waals surface area contributed by atoms with Crippen molar-refractivity contribution in [3.8, 4) is 11.8 Å². The molecule has 2 bridgehead atoms. The lowest BCUT2D eigenvalue weighted by Gasteiger charge is -2.35. The Hall–Kier alpha value is -1.05. The minimum absolute atomic E-state index is 0.341. The number of aliphatic hydroxyl groups is 1. The number of hydrogen-bond donors (Lipinski definition) is 1. The molecule has 0 saturated heterocycles. The van der Waals surface area contributed by atoms with Gasteiger partial charge in [0.25, 0.3) is 0 Å². The van der Waals surface area contributed by atoms with Crippen LogP contribution in [0, 0.1) is 28.6 Å². The Morgan fingerprint density at radius 1 is 1.50 bits per heavy atom. The summed E-state index contributed by atoms with van der Waals surface area (Å²) in [6, 6.07) is 8.02. The molecule has 1 aromatic rings. The van der Waals surface area contributed by atoms with Crippen LogP contribution < -0.4 is 4.74 Å². The fraction of sp³-hybridized carbons (Fsp3) is 0.562. The quantitative estimate of drug-likeness (QED) is 0.913. The second kappa shape index (κ2) is 5.05. The molecule has 1 N–H and O–H groups in total. The third kappa shape index (κ3) is 1.96. The zero-order chi connectivity index (χ0) is 14.3. The topological polar surface area (TPSA) is 53.2 Å². The lowest BCUT2D eigenvalue weighted by Crippen LogP contribution is -2.33. The molecule has 1 aromatic carbocycles. The Kier molecular flexibility index (Phi) is 3.51. The van der Waals surface area contributed by atoms with E-state index < -0.39 is 11.5 Å². The molecule has 4 atom stereocenters. The van der Waals surface area contributed by atoms with Crippen molar-refractivity contribution in [2.75, 3.05) is 7.11 Å². The third-order valence-electron chi connectivity index (χ3n) is 5.08. The number of rotatable bonds is 3. The first kappa shape index (κ1) is 13.9. The molecule has 2 fully saturated rings. The van der Waals surface area contributed by atoms with Crippen molar-refractivity contribution in [2.45, 2.75) is 31.8 Å². The van der Waals surface area contributed by atoms with Crippen LogP contribution in [0.4, 0.5) is 0 Å². The van der Waals surface area contributed by atoms with E-state index in [1.807, 2.05) is 18.2 Å². The fourth-order valence-electron chi connectivity index (χ4n) is 4.06. The highest BCUT2D eigenvalue weighted by atomic mass is 79.9. The molecular formula is C16H18BrNO2. The number of nitriles is 1. The summed E-state index contributed by atoms with van der Waals surface area (Å²) in [6.45, 7) is 0. The van der Waals surface area contributed by atoms with Crippen LogP contribution in [-0.2, 0) is 0 Å². The van der Waals surface area contributed by atoms with Crippen LogP contribution in [0.15, 0.2) is 22.7 Å². The standard InChI is InChI=1S/C16H18BrNO2/c1-20-14-5-3-11(7-13(14)17)15(19)16(9-18)8-10-2-4-12(16)6-10/h3,5,7,10,12,15,19H,2,4,6,8H2,1H3. The second-order valence-corrected chi connectivity index (χ2v) is 6.88. The summed E-state index contributed by atoms with van der Waals surface area (Å²) < 4.78 is 6.03. The van der Waals surface area contributed by atoms with Gasteiger partial charge in [-0.25, -0.2) is 0 Å². The van der Waals surface area contributed by atoms with Gasteiger partial charge in [0.15, 0.2) is 0 Å². The minimum Gasteiger partial charge on any atom is -0.496 e. The maximum atomic E-state index is 10.8. The van der Waals surface area contributed by atoms with E-state index in [1.54, 1.807) is 7.11 Å². The van der Waals surface area contributed by atoms with Crippen molar-refractivity contribution in [3.63, 3.8) is 0 Å². The fourth-order valence-corrected chi connectivity index (χ4v) is 4.61. The summed E-state index contributed by atoms with van der Waals surface area (Å²) in [7, 11) is 1.61. The zero-order valence-electron chi connectivity index (χ0n) is 11.5. The number of methoxy groups -OCH3 is 1. The van der Waals surface area contributed by atoms with E-state index in [-0.39, 0.29) is 0 Å². The van der Waals surface area contributed by atoms with E-state index >= 15 is 0 Å². The molecule has 3 rings (SSSR count). The van der Waals surface area contributed by atoms with Gasteiger partial charge in [-0.1, -0.05) is 12.5 Å². The highest BCUT2D eigenvalue weighted by Gasteiger charge is 2.55. The molecule has 0 radical (unpaired) electrons. The SMILES string of the molecule is COc1ccc(C(O)C2(C#N)CC3CCC2C3)cc1Br. The Bertz CT molecular complexity index is 568. The molecule has 0 spiro atoms. The van der Waals surface area contributed by atoms with Crippen molar-refractivity contribution in [3.05, 3.63) is 28.2 Å². The summed E-state index contributed by atoms with van der Waals surface area (Å²) in [5.74, 6) is 1.70. The largest absolute Gasteiger partial charge is 0.496 e. The first-order valence-corrected chi connectivity index (χ1v) is 7.83. The molecule has 106 valence electrons. The molecule has 3 nitrogen and oxygen atoms in total. The summed E-state index contributed by atoms with van der Waals surface area (Å²) in [6.07, 6.45) is 3.51. The molecule has 2 aliphatic carbocycles. The average Bonchev–Trinajstić information content (AvgIpc) is 3.07. The molecule has 2 saturated carbocycles. The highest BCUT2D eigenvalue weighted by molar-refractivity contribution is 9.10. The number of aliphatic hydroxyl groups excluding tert-OH is 1. The van der Waals surface area contributed by atoms with Crippen molar-refractivity contribution in [1.29, 1.82) is 5.26 Å². The first-order chi connectivity index (χ1) is 9.60. The van der Waals surface area contributed by atoms with E-state index in [0.717, 1.165) is 35.0 Å². The van der Waals surface area contributed by atoms with Crippen molar-refractivity contribution >= 4 is 15.9 Å². The van der Waals surface area contributed by atoms with Gasteiger partial charge in [-0.05, 0) is 64.7 Å². The van der Waals surface area contributed by atoms with Gasteiger partial charge >= 0.3 is 0 Å². The monoisotopic (exact) mass is 335 g/mol. The highest BCUT2D eigenvalue weighted by Crippen LogP contribution is 2.60. The lowest BCUT2D eigenvalue weighted by atomic mass is 9.68. The number of ether oxygens (including phenoxy) is 1. The number of benzene rings is 1. The lowest BCUT2D eigenvalue weighted by molar-refractivity contribution is 0.0232. The van der Waals surface area contributed by atoms with Gasteiger partial charge in [0.2, 0.25) is 0 Å². The van der Waals surface area contributed by atoms with Gasteiger partial charge in [0, 0.05) is 0 Å². The number of nitrogens with zero attached hydrogens (tertiary/aromatic N) is 1. The summed E-state index contributed by atoms with van der Waals surface area (Å²) in [5.41, 5.74) is 0.198. The van der Waals surface area contributed by atoms with Crippen LogP contribution in [-0.4, -0.2) is 12.2 Å². The number of fused-ring (bicyclic) bond motifs is 2. The van der Waals surface area contributed by atoms with E-state index in [1.165, 1.54) is 6.42 Å². The summed E-state index contributed by atoms with van der Waals surface area (Å²) in [4.78, 5) is 0. The van der Waals surface area contributed by atoms with Crippen LogP contribution in [0.5, 0.6) is 5.75 Å². The molecule has 4 heteroatoms.